The molecule has 98 valence electrons. The van der Waals surface area contributed by atoms with Gasteiger partial charge in [0.05, 0.1) is 12.1 Å². The lowest BCUT2D eigenvalue weighted by Gasteiger charge is -2.05. The van der Waals surface area contributed by atoms with Crippen molar-refractivity contribution in [3.05, 3.63) is 51.9 Å². The van der Waals surface area contributed by atoms with Crippen molar-refractivity contribution >= 4 is 29.2 Å². The van der Waals surface area contributed by atoms with Crippen LogP contribution in [-0.2, 0) is 11.2 Å². The Morgan fingerprint density at radius 3 is 2.37 bits per heavy atom. The zero-order valence-electron chi connectivity index (χ0n) is 9.53. The predicted octanol–water partition coefficient (Wildman–Crippen LogP) is 3.82. The highest BCUT2D eigenvalue weighted by atomic mass is 35.5. The largest absolute Gasteiger partial charge is 0.481 e. The average Bonchev–Trinajstić information content (AvgIpc) is 2.25. The van der Waals surface area contributed by atoms with E-state index < -0.39 is 11.9 Å². The molecule has 3 nitrogen and oxygen atoms in total. The van der Waals surface area contributed by atoms with Crippen LogP contribution < -0.4 is 0 Å². The van der Waals surface area contributed by atoms with E-state index in [4.69, 9.17) is 28.3 Å². The van der Waals surface area contributed by atoms with Gasteiger partial charge in [-0.3, -0.25) is 4.79 Å². The summed E-state index contributed by atoms with van der Waals surface area (Å²) in [6, 6.07) is 7.30. The summed E-state index contributed by atoms with van der Waals surface area (Å²) < 4.78 is 13.4. The Morgan fingerprint density at radius 2 is 1.79 bits per heavy atom. The summed E-state index contributed by atoms with van der Waals surface area (Å²) in [6.07, 6.45) is -0.277. The van der Waals surface area contributed by atoms with Gasteiger partial charge in [-0.2, -0.15) is 4.39 Å². The summed E-state index contributed by atoms with van der Waals surface area (Å²) in [7, 11) is 0. The van der Waals surface area contributed by atoms with Gasteiger partial charge in [-0.1, -0.05) is 23.2 Å². The van der Waals surface area contributed by atoms with E-state index in [1.165, 1.54) is 6.07 Å². The first-order chi connectivity index (χ1) is 8.94. The summed E-state index contributed by atoms with van der Waals surface area (Å²) in [5.41, 5.74) is 1.15. The third-order valence-corrected chi connectivity index (χ3v) is 2.80. The van der Waals surface area contributed by atoms with E-state index in [9.17, 15) is 9.18 Å². The predicted molar refractivity (Wildman–Crippen MR) is 71.0 cm³/mol. The summed E-state index contributed by atoms with van der Waals surface area (Å²) in [6.45, 7) is 0. The number of carbonyl (C=O) groups is 1. The Kier molecular flexibility index (Phi) is 4.02. The number of nitrogens with zero attached hydrogens (tertiary/aromatic N) is 1. The maximum Gasteiger partial charge on any atom is 0.307 e. The SMILES string of the molecule is O=C(O)Cc1cc(F)nc(-c2cc(Cl)cc(Cl)c2)c1. The highest BCUT2D eigenvalue weighted by Crippen LogP contribution is 2.26. The van der Waals surface area contributed by atoms with E-state index in [-0.39, 0.29) is 6.42 Å². The maximum atomic E-state index is 13.4. The molecule has 0 amide bonds. The lowest BCUT2D eigenvalue weighted by Crippen LogP contribution is -2.02. The fourth-order valence-corrected chi connectivity index (χ4v) is 2.20. The first-order valence-electron chi connectivity index (χ1n) is 5.29. The molecule has 0 aliphatic carbocycles. The Morgan fingerprint density at radius 1 is 1.16 bits per heavy atom. The standard InChI is InChI=1S/C13H8Cl2FNO2/c14-9-4-8(5-10(15)6-9)11-1-7(3-13(18)19)2-12(16)17-11/h1-2,4-6H,3H2,(H,18,19). The molecule has 2 rings (SSSR count). The molecule has 0 saturated carbocycles. The molecular weight excluding hydrogens is 292 g/mol. The summed E-state index contributed by atoms with van der Waals surface area (Å²) >= 11 is 11.7. The monoisotopic (exact) mass is 299 g/mol. The number of aromatic nitrogens is 1. The number of hydrogen-bond donors (Lipinski definition) is 1. The number of rotatable bonds is 3. The smallest absolute Gasteiger partial charge is 0.307 e. The molecule has 0 saturated heterocycles. The minimum absolute atomic E-state index is 0.277. The molecule has 0 aliphatic heterocycles. The number of carboxylic acid groups (broad SMARTS) is 1. The molecule has 0 unspecified atom stereocenters. The highest BCUT2D eigenvalue weighted by Gasteiger charge is 2.09. The minimum Gasteiger partial charge on any atom is -0.481 e. The van der Waals surface area contributed by atoms with Gasteiger partial charge >= 0.3 is 5.97 Å². The molecule has 0 bridgehead atoms. The van der Waals surface area contributed by atoms with Gasteiger partial charge in [0.25, 0.3) is 0 Å². The molecule has 0 spiro atoms. The molecule has 1 aromatic carbocycles. The second-order valence-electron chi connectivity index (χ2n) is 3.91. The van der Waals surface area contributed by atoms with Crippen LogP contribution in [0.1, 0.15) is 5.56 Å². The summed E-state index contributed by atoms with van der Waals surface area (Å²) in [4.78, 5) is 14.4. The number of benzene rings is 1. The van der Waals surface area contributed by atoms with Crippen molar-refractivity contribution in [3.8, 4) is 11.3 Å². The van der Waals surface area contributed by atoms with Crippen LogP contribution in [0.25, 0.3) is 11.3 Å². The Balaban J connectivity index is 2.49. The first kappa shape index (κ1) is 13.8. The van der Waals surface area contributed by atoms with Crippen molar-refractivity contribution in [1.82, 2.24) is 4.98 Å². The lowest BCUT2D eigenvalue weighted by atomic mass is 10.1. The van der Waals surface area contributed by atoms with Crippen LogP contribution in [0.15, 0.2) is 30.3 Å². The van der Waals surface area contributed by atoms with Gasteiger partial charge in [0.2, 0.25) is 5.95 Å². The van der Waals surface area contributed by atoms with Gasteiger partial charge in [0, 0.05) is 15.6 Å². The molecule has 0 radical (unpaired) electrons. The lowest BCUT2D eigenvalue weighted by molar-refractivity contribution is -0.136. The normalized spacial score (nSPS) is 10.5. The van der Waals surface area contributed by atoms with Gasteiger partial charge < -0.3 is 5.11 Å². The molecule has 0 aliphatic rings. The fourth-order valence-electron chi connectivity index (χ4n) is 1.68. The molecule has 0 atom stereocenters. The fraction of sp³-hybridized carbons (Fsp3) is 0.0769. The molecule has 2 aromatic rings. The molecule has 1 aromatic heterocycles. The zero-order valence-corrected chi connectivity index (χ0v) is 11.0. The highest BCUT2D eigenvalue weighted by molar-refractivity contribution is 6.35. The van der Waals surface area contributed by atoms with Gasteiger partial charge in [0.1, 0.15) is 0 Å². The molecular formula is C13H8Cl2FNO2. The Bertz CT molecular complexity index is 626. The van der Waals surface area contributed by atoms with E-state index >= 15 is 0 Å². The van der Waals surface area contributed by atoms with Crippen LogP contribution >= 0.6 is 23.2 Å². The van der Waals surface area contributed by atoms with Crippen molar-refractivity contribution in [3.63, 3.8) is 0 Å². The van der Waals surface area contributed by atoms with E-state index in [0.29, 0.717) is 26.9 Å². The third kappa shape index (κ3) is 3.66. The van der Waals surface area contributed by atoms with Crippen molar-refractivity contribution in [2.75, 3.05) is 0 Å². The van der Waals surface area contributed by atoms with Gasteiger partial charge in [0.15, 0.2) is 0 Å². The first-order valence-corrected chi connectivity index (χ1v) is 6.04. The van der Waals surface area contributed by atoms with E-state index in [0.717, 1.165) is 6.07 Å². The van der Waals surface area contributed by atoms with E-state index in [2.05, 4.69) is 4.98 Å². The molecule has 6 heteroatoms. The van der Waals surface area contributed by atoms with Gasteiger partial charge in [-0.05, 0) is 35.9 Å². The number of halogens is 3. The maximum absolute atomic E-state index is 13.4. The van der Waals surface area contributed by atoms with Crippen molar-refractivity contribution in [2.45, 2.75) is 6.42 Å². The molecule has 1 heterocycles. The Labute approximate surface area is 118 Å². The van der Waals surface area contributed by atoms with Crippen molar-refractivity contribution in [2.24, 2.45) is 0 Å². The summed E-state index contributed by atoms with van der Waals surface area (Å²) in [5, 5.41) is 9.52. The van der Waals surface area contributed by atoms with Crippen LogP contribution in [0, 0.1) is 5.95 Å². The second-order valence-corrected chi connectivity index (χ2v) is 4.78. The molecule has 19 heavy (non-hydrogen) atoms. The van der Waals surface area contributed by atoms with Crippen LogP contribution in [0.2, 0.25) is 10.0 Å². The summed E-state index contributed by atoms with van der Waals surface area (Å²) in [5.74, 6) is -1.79. The quantitative estimate of drug-likeness (QED) is 0.877. The third-order valence-electron chi connectivity index (χ3n) is 2.37. The number of hydrogen-bond acceptors (Lipinski definition) is 2. The van der Waals surface area contributed by atoms with E-state index in [1.807, 2.05) is 0 Å². The van der Waals surface area contributed by atoms with Gasteiger partial charge in [-0.15, -0.1) is 0 Å². The van der Waals surface area contributed by atoms with Crippen LogP contribution in [0.3, 0.4) is 0 Å². The molecule has 0 fully saturated rings. The second kappa shape index (κ2) is 5.55. The van der Waals surface area contributed by atoms with Crippen LogP contribution in [0.5, 0.6) is 0 Å². The van der Waals surface area contributed by atoms with Crippen LogP contribution in [-0.4, -0.2) is 16.1 Å². The minimum atomic E-state index is -1.04. The van der Waals surface area contributed by atoms with Crippen molar-refractivity contribution in [1.29, 1.82) is 0 Å². The van der Waals surface area contributed by atoms with Crippen molar-refractivity contribution < 1.29 is 14.3 Å². The van der Waals surface area contributed by atoms with Crippen LogP contribution in [0.4, 0.5) is 4.39 Å². The van der Waals surface area contributed by atoms with E-state index in [1.54, 1.807) is 18.2 Å². The number of pyridine rings is 1. The zero-order chi connectivity index (χ0) is 14.0. The number of aliphatic carboxylic acids is 1. The average molecular weight is 300 g/mol. The Hall–Kier alpha value is -1.65. The topological polar surface area (TPSA) is 50.2 Å². The van der Waals surface area contributed by atoms with Gasteiger partial charge in [-0.25, -0.2) is 4.98 Å². The number of carboxylic acids is 1. The molecule has 1 N–H and O–H groups in total.